The Kier molecular flexibility index (Phi) is 6.02. The lowest BCUT2D eigenvalue weighted by atomic mass is 9.95. The third-order valence-corrected chi connectivity index (χ3v) is 4.68. The monoisotopic (exact) mass is 353 g/mol. The summed E-state index contributed by atoms with van der Waals surface area (Å²) in [5, 5.41) is 12.2. The van der Waals surface area contributed by atoms with E-state index in [0.29, 0.717) is 13.0 Å². The first-order valence-corrected chi connectivity index (χ1v) is 8.86. The highest BCUT2D eigenvalue weighted by Gasteiger charge is 2.24. The van der Waals surface area contributed by atoms with Gasteiger partial charge in [0.2, 0.25) is 5.91 Å². The highest BCUT2D eigenvalue weighted by atomic mass is 16.5. The number of carbonyl (C=O) groups is 2. The zero-order valence-corrected chi connectivity index (χ0v) is 14.6. The molecule has 0 radical (unpaired) electrons. The molecule has 2 aromatic carbocycles. The summed E-state index contributed by atoms with van der Waals surface area (Å²) in [6.45, 7) is 0.706. The van der Waals surface area contributed by atoms with Gasteiger partial charge in [0.05, 0.1) is 25.0 Å². The van der Waals surface area contributed by atoms with E-state index in [0.717, 1.165) is 17.5 Å². The number of hydrogen-bond donors (Lipinski definition) is 2. The molecule has 136 valence electrons. The van der Waals surface area contributed by atoms with Crippen molar-refractivity contribution in [3.63, 3.8) is 0 Å². The summed E-state index contributed by atoms with van der Waals surface area (Å²) < 4.78 is 5.75. The van der Waals surface area contributed by atoms with Crippen LogP contribution in [0.1, 0.15) is 29.2 Å². The van der Waals surface area contributed by atoms with Crippen LogP contribution in [0.15, 0.2) is 54.6 Å². The van der Waals surface area contributed by atoms with E-state index in [1.165, 1.54) is 5.56 Å². The van der Waals surface area contributed by atoms with Crippen LogP contribution >= 0.6 is 0 Å². The van der Waals surface area contributed by atoms with Gasteiger partial charge in [-0.15, -0.1) is 0 Å². The molecule has 3 rings (SSSR count). The number of aliphatic carboxylic acids is 1. The molecule has 2 atom stereocenters. The van der Waals surface area contributed by atoms with E-state index >= 15 is 0 Å². The lowest BCUT2D eigenvalue weighted by Gasteiger charge is -2.25. The van der Waals surface area contributed by atoms with Crippen molar-refractivity contribution in [2.75, 3.05) is 13.2 Å². The van der Waals surface area contributed by atoms with E-state index in [4.69, 9.17) is 4.74 Å². The van der Waals surface area contributed by atoms with Gasteiger partial charge in [-0.3, -0.25) is 9.59 Å². The van der Waals surface area contributed by atoms with Crippen LogP contribution in [0.2, 0.25) is 0 Å². The Hall–Kier alpha value is -2.66. The second kappa shape index (κ2) is 8.63. The van der Waals surface area contributed by atoms with Gasteiger partial charge >= 0.3 is 5.97 Å². The van der Waals surface area contributed by atoms with E-state index in [1.54, 1.807) is 0 Å². The van der Waals surface area contributed by atoms with Gasteiger partial charge in [-0.1, -0.05) is 54.6 Å². The first-order valence-electron chi connectivity index (χ1n) is 8.86. The van der Waals surface area contributed by atoms with Gasteiger partial charge in [0, 0.05) is 6.54 Å². The minimum absolute atomic E-state index is 0.109. The largest absolute Gasteiger partial charge is 0.481 e. The van der Waals surface area contributed by atoms with Gasteiger partial charge in [-0.05, 0) is 29.5 Å². The molecule has 0 saturated heterocycles. The molecule has 5 nitrogen and oxygen atoms in total. The molecule has 2 unspecified atom stereocenters. The number of fused-ring (bicyclic) bond motifs is 1. The summed E-state index contributed by atoms with van der Waals surface area (Å²) in [5.41, 5.74) is 3.20. The predicted molar refractivity (Wildman–Crippen MR) is 97.7 cm³/mol. The Bertz CT molecular complexity index is 760. The second-order valence-electron chi connectivity index (χ2n) is 6.54. The van der Waals surface area contributed by atoms with Crippen LogP contribution in [0.5, 0.6) is 0 Å². The minimum atomic E-state index is -0.909. The molecule has 1 amide bonds. The number of benzene rings is 2. The SMILES string of the molecule is O=C(CC1OCCc2ccccc21)NCC(Cc1ccccc1)C(=O)O. The molecule has 2 N–H and O–H groups in total. The Morgan fingerprint density at radius 1 is 1.12 bits per heavy atom. The summed E-state index contributed by atoms with van der Waals surface area (Å²) >= 11 is 0. The maximum absolute atomic E-state index is 12.3. The third kappa shape index (κ3) is 4.70. The standard InChI is InChI=1S/C21H23NO4/c23-20(13-19-18-9-5-4-8-16(18)10-11-26-19)22-14-17(21(24)25)12-15-6-2-1-3-7-15/h1-9,17,19H,10-14H2,(H,22,23)(H,24,25). The van der Waals surface area contributed by atoms with Gasteiger partial charge < -0.3 is 15.2 Å². The first kappa shape index (κ1) is 18.1. The molecule has 0 bridgehead atoms. The predicted octanol–water partition coefficient (Wildman–Crippen LogP) is 2.75. The van der Waals surface area contributed by atoms with E-state index in [-0.39, 0.29) is 25.0 Å². The fourth-order valence-corrected chi connectivity index (χ4v) is 3.27. The lowest BCUT2D eigenvalue weighted by Crippen LogP contribution is -2.35. The molecule has 0 spiro atoms. The molecule has 5 heteroatoms. The van der Waals surface area contributed by atoms with Crippen LogP contribution in [0.25, 0.3) is 0 Å². The molecule has 0 aromatic heterocycles. The van der Waals surface area contributed by atoms with Crippen molar-refractivity contribution >= 4 is 11.9 Å². The summed E-state index contributed by atoms with van der Waals surface area (Å²) in [4.78, 5) is 23.8. The number of ether oxygens (including phenoxy) is 1. The number of carboxylic acid groups (broad SMARTS) is 1. The maximum Gasteiger partial charge on any atom is 0.308 e. The average Bonchev–Trinajstić information content (AvgIpc) is 2.66. The average molecular weight is 353 g/mol. The molecule has 26 heavy (non-hydrogen) atoms. The Morgan fingerprint density at radius 3 is 2.62 bits per heavy atom. The van der Waals surface area contributed by atoms with Gasteiger partial charge in [-0.2, -0.15) is 0 Å². The molecule has 2 aromatic rings. The van der Waals surface area contributed by atoms with E-state index in [2.05, 4.69) is 11.4 Å². The van der Waals surface area contributed by atoms with Crippen LogP contribution in [0, 0.1) is 5.92 Å². The zero-order chi connectivity index (χ0) is 18.4. The highest BCUT2D eigenvalue weighted by molar-refractivity contribution is 5.78. The quantitative estimate of drug-likeness (QED) is 0.803. The van der Waals surface area contributed by atoms with Crippen molar-refractivity contribution in [2.45, 2.75) is 25.4 Å². The van der Waals surface area contributed by atoms with Gasteiger partial charge in [0.15, 0.2) is 0 Å². The van der Waals surface area contributed by atoms with E-state index in [9.17, 15) is 14.7 Å². The number of hydrogen-bond acceptors (Lipinski definition) is 3. The summed E-state index contributed by atoms with van der Waals surface area (Å²) in [6, 6.07) is 17.4. The molecule has 0 aliphatic carbocycles. The van der Waals surface area contributed by atoms with Crippen LogP contribution < -0.4 is 5.32 Å². The van der Waals surface area contributed by atoms with Crippen molar-refractivity contribution in [2.24, 2.45) is 5.92 Å². The van der Waals surface area contributed by atoms with Gasteiger partial charge in [0.1, 0.15) is 0 Å². The van der Waals surface area contributed by atoms with E-state index in [1.807, 2.05) is 48.5 Å². The topological polar surface area (TPSA) is 75.6 Å². The van der Waals surface area contributed by atoms with Crippen LogP contribution in [0.4, 0.5) is 0 Å². The first-order chi connectivity index (χ1) is 12.6. The van der Waals surface area contributed by atoms with Crippen molar-refractivity contribution in [1.29, 1.82) is 0 Å². The van der Waals surface area contributed by atoms with Crippen LogP contribution in [0.3, 0.4) is 0 Å². The Morgan fingerprint density at radius 2 is 1.85 bits per heavy atom. The molecule has 0 fully saturated rings. The summed E-state index contributed by atoms with van der Waals surface area (Å²) in [5.74, 6) is -1.75. The molecule has 1 aliphatic heterocycles. The van der Waals surface area contributed by atoms with Gasteiger partial charge in [-0.25, -0.2) is 0 Å². The smallest absolute Gasteiger partial charge is 0.308 e. The lowest BCUT2D eigenvalue weighted by molar-refractivity contribution is -0.141. The minimum Gasteiger partial charge on any atom is -0.481 e. The fraction of sp³-hybridized carbons (Fsp3) is 0.333. The number of carbonyl (C=O) groups excluding carboxylic acids is 1. The van der Waals surface area contributed by atoms with E-state index < -0.39 is 11.9 Å². The maximum atomic E-state index is 12.3. The third-order valence-electron chi connectivity index (χ3n) is 4.68. The molecular weight excluding hydrogens is 330 g/mol. The fourth-order valence-electron chi connectivity index (χ4n) is 3.27. The van der Waals surface area contributed by atoms with Crippen molar-refractivity contribution in [3.8, 4) is 0 Å². The Labute approximate surface area is 153 Å². The number of amides is 1. The number of rotatable bonds is 7. The van der Waals surface area contributed by atoms with Crippen LogP contribution in [-0.4, -0.2) is 30.1 Å². The van der Waals surface area contributed by atoms with Crippen molar-refractivity contribution < 1.29 is 19.4 Å². The van der Waals surface area contributed by atoms with Crippen molar-refractivity contribution in [1.82, 2.24) is 5.32 Å². The molecule has 0 saturated carbocycles. The van der Waals surface area contributed by atoms with Gasteiger partial charge in [0.25, 0.3) is 0 Å². The highest BCUT2D eigenvalue weighted by Crippen LogP contribution is 2.29. The second-order valence-corrected chi connectivity index (χ2v) is 6.54. The summed E-state index contributed by atoms with van der Waals surface area (Å²) in [6.07, 6.45) is 1.18. The van der Waals surface area contributed by atoms with Crippen LogP contribution in [-0.2, 0) is 27.2 Å². The number of nitrogens with one attached hydrogen (secondary N) is 1. The zero-order valence-electron chi connectivity index (χ0n) is 14.6. The Balaban J connectivity index is 1.55. The normalized spacial score (nSPS) is 17.2. The molecular formula is C21H23NO4. The summed E-state index contributed by atoms with van der Waals surface area (Å²) in [7, 11) is 0. The number of carboxylic acids is 1. The van der Waals surface area contributed by atoms with Crippen molar-refractivity contribution in [3.05, 3.63) is 71.3 Å². The molecule has 1 aliphatic rings. The molecule has 1 heterocycles.